The zero-order valence-electron chi connectivity index (χ0n) is 9.69. The fourth-order valence-corrected chi connectivity index (χ4v) is 2.47. The zero-order valence-corrected chi connectivity index (χ0v) is 9.69. The molecule has 0 aromatic carbocycles. The lowest BCUT2D eigenvalue weighted by Crippen LogP contribution is -2.28. The van der Waals surface area contributed by atoms with Crippen molar-refractivity contribution in [3.63, 3.8) is 0 Å². The van der Waals surface area contributed by atoms with Crippen molar-refractivity contribution in [2.75, 3.05) is 13.1 Å². The Morgan fingerprint density at radius 2 is 2.12 bits per heavy atom. The van der Waals surface area contributed by atoms with E-state index in [1.54, 1.807) is 0 Å². The molecule has 17 heavy (non-hydrogen) atoms. The molecular formula is C13H16N4. The molecule has 0 spiro atoms. The van der Waals surface area contributed by atoms with Crippen LogP contribution in [0, 0.1) is 0 Å². The van der Waals surface area contributed by atoms with Gasteiger partial charge in [-0.2, -0.15) is 5.10 Å². The van der Waals surface area contributed by atoms with E-state index < -0.39 is 0 Å². The Morgan fingerprint density at radius 3 is 2.88 bits per heavy atom. The number of aromatic nitrogens is 3. The van der Waals surface area contributed by atoms with Gasteiger partial charge < -0.3 is 5.32 Å². The quantitative estimate of drug-likeness (QED) is 0.826. The Balaban J connectivity index is 1.93. The van der Waals surface area contributed by atoms with Gasteiger partial charge in [0.2, 0.25) is 0 Å². The van der Waals surface area contributed by atoms with E-state index in [1.165, 1.54) is 29.7 Å². The molecule has 2 aromatic heterocycles. The number of H-pyrrole nitrogens is 1. The molecule has 1 saturated heterocycles. The van der Waals surface area contributed by atoms with Crippen LogP contribution in [0.2, 0.25) is 0 Å². The third-order valence-electron chi connectivity index (χ3n) is 3.37. The van der Waals surface area contributed by atoms with E-state index in [4.69, 9.17) is 0 Å². The van der Waals surface area contributed by atoms with Gasteiger partial charge in [-0.15, -0.1) is 0 Å². The Bertz CT molecular complexity index is 471. The maximum atomic E-state index is 4.20. The minimum atomic E-state index is 0.550. The molecule has 0 amide bonds. The third-order valence-corrected chi connectivity index (χ3v) is 3.37. The number of hydrogen-bond acceptors (Lipinski definition) is 3. The van der Waals surface area contributed by atoms with Crippen LogP contribution in [0.3, 0.4) is 0 Å². The van der Waals surface area contributed by atoms with Gasteiger partial charge in [0, 0.05) is 36.1 Å². The number of nitrogens with one attached hydrogen (secondary N) is 2. The number of rotatable bonds is 2. The predicted molar refractivity (Wildman–Crippen MR) is 66.7 cm³/mol. The molecule has 4 nitrogen and oxygen atoms in total. The number of pyridine rings is 1. The number of nitrogens with zero attached hydrogens (tertiary/aromatic N) is 2. The molecule has 0 aliphatic carbocycles. The van der Waals surface area contributed by atoms with Crippen molar-refractivity contribution in [1.82, 2.24) is 20.5 Å². The standard InChI is InChI=1S/C13H16N4/c1-2-11(8-15-5-1)13-12(9-16-17-13)10-3-6-14-7-4-10/h3-4,6-7,9,11,15H,1-2,5,8H2,(H,16,17). The molecule has 4 heteroatoms. The van der Waals surface area contributed by atoms with E-state index in [1.807, 2.05) is 30.7 Å². The second-order valence-corrected chi connectivity index (χ2v) is 4.48. The monoisotopic (exact) mass is 228 g/mol. The molecule has 88 valence electrons. The largest absolute Gasteiger partial charge is 0.316 e. The molecule has 1 aliphatic rings. The molecule has 1 fully saturated rings. The molecule has 1 atom stereocenters. The Kier molecular flexibility index (Phi) is 2.88. The van der Waals surface area contributed by atoms with Crippen LogP contribution in [0.5, 0.6) is 0 Å². The molecule has 2 aromatic rings. The van der Waals surface area contributed by atoms with Crippen molar-refractivity contribution < 1.29 is 0 Å². The molecule has 1 unspecified atom stereocenters. The van der Waals surface area contributed by atoms with Crippen LogP contribution in [0.15, 0.2) is 30.7 Å². The second-order valence-electron chi connectivity index (χ2n) is 4.48. The smallest absolute Gasteiger partial charge is 0.0568 e. The lowest BCUT2D eigenvalue weighted by Gasteiger charge is -2.22. The maximum absolute atomic E-state index is 4.20. The SMILES string of the molecule is c1cc(-c2cn[nH]c2C2CCCNC2)ccn1. The van der Waals surface area contributed by atoms with Crippen molar-refractivity contribution in [3.8, 4) is 11.1 Å². The highest BCUT2D eigenvalue weighted by molar-refractivity contribution is 5.65. The summed E-state index contributed by atoms with van der Waals surface area (Å²) < 4.78 is 0. The van der Waals surface area contributed by atoms with Gasteiger partial charge in [-0.05, 0) is 37.1 Å². The fourth-order valence-electron chi connectivity index (χ4n) is 2.47. The highest BCUT2D eigenvalue weighted by Crippen LogP contribution is 2.30. The van der Waals surface area contributed by atoms with E-state index in [9.17, 15) is 0 Å². The number of piperidine rings is 1. The third kappa shape index (κ3) is 2.08. The van der Waals surface area contributed by atoms with Gasteiger partial charge in [-0.1, -0.05) is 0 Å². The van der Waals surface area contributed by atoms with E-state index in [0.29, 0.717) is 5.92 Å². The maximum Gasteiger partial charge on any atom is 0.0568 e. The summed E-state index contributed by atoms with van der Waals surface area (Å²) in [4.78, 5) is 4.05. The van der Waals surface area contributed by atoms with Gasteiger partial charge in [-0.3, -0.25) is 10.1 Å². The summed E-state index contributed by atoms with van der Waals surface area (Å²) in [7, 11) is 0. The molecule has 3 heterocycles. The van der Waals surface area contributed by atoms with Crippen LogP contribution < -0.4 is 5.32 Å². The number of hydrogen-bond donors (Lipinski definition) is 2. The van der Waals surface area contributed by atoms with E-state index >= 15 is 0 Å². The molecular weight excluding hydrogens is 212 g/mol. The first-order valence-electron chi connectivity index (χ1n) is 6.09. The first-order valence-corrected chi connectivity index (χ1v) is 6.09. The minimum Gasteiger partial charge on any atom is -0.316 e. The Hall–Kier alpha value is -1.68. The van der Waals surface area contributed by atoms with Crippen LogP contribution in [0.25, 0.3) is 11.1 Å². The highest BCUT2D eigenvalue weighted by atomic mass is 15.1. The first-order chi connectivity index (χ1) is 8.45. The Morgan fingerprint density at radius 1 is 1.24 bits per heavy atom. The van der Waals surface area contributed by atoms with Crippen molar-refractivity contribution in [2.45, 2.75) is 18.8 Å². The topological polar surface area (TPSA) is 53.6 Å². The summed E-state index contributed by atoms with van der Waals surface area (Å²) in [6.07, 6.45) is 8.03. The van der Waals surface area contributed by atoms with Crippen molar-refractivity contribution in [2.24, 2.45) is 0 Å². The van der Waals surface area contributed by atoms with Crippen LogP contribution in [-0.2, 0) is 0 Å². The van der Waals surface area contributed by atoms with Gasteiger partial charge >= 0.3 is 0 Å². The molecule has 0 saturated carbocycles. The van der Waals surface area contributed by atoms with E-state index in [2.05, 4.69) is 20.5 Å². The van der Waals surface area contributed by atoms with Gasteiger partial charge in [0.25, 0.3) is 0 Å². The normalized spacial score (nSPS) is 20.4. The molecule has 2 N–H and O–H groups in total. The van der Waals surface area contributed by atoms with Gasteiger partial charge in [0.05, 0.1) is 6.20 Å². The fraction of sp³-hybridized carbons (Fsp3) is 0.385. The van der Waals surface area contributed by atoms with Gasteiger partial charge in [0.15, 0.2) is 0 Å². The van der Waals surface area contributed by atoms with Crippen molar-refractivity contribution in [3.05, 3.63) is 36.4 Å². The molecule has 1 aliphatic heterocycles. The Labute approximate surface area is 100 Å². The summed E-state index contributed by atoms with van der Waals surface area (Å²) in [5, 5.41) is 10.8. The van der Waals surface area contributed by atoms with Crippen LogP contribution >= 0.6 is 0 Å². The van der Waals surface area contributed by atoms with Gasteiger partial charge in [-0.25, -0.2) is 0 Å². The minimum absolute atomic E-state index is 0.550. The molecule has 0 bridgehead atoms. The number of aromatic amines is 1. The van der Waals surface area contributed by atoms with Crippen molar-refractivity contribution in [1.29, 1.82) is 0 Å². The summed E-state index contributed by atoms with van der Waals surface area (Å²) in [5.74, 6) is 0.550. The lowest BCUT2D eigenvalue weighted by atomic mass is 9.92. The highest BCUT2D eigenvalue weighted by Gasteiger charge is 2.20. The first kappa shape index (κ1) is 10.5. The van der Waals surface area contributed by atoms with Gasteiger partial charge in [0.1, 0.15) is 0 Å². The lowest BCUT2D eigenvalue weighted by molar-refractivity contribution is 0.455. The van der Waals surface area contributed by atoms with Crippen LogP contribution in [0.4, 0.5) is 0 Å². The van der Waals surface area contributed by atoms with Crippen LogP contribution in [0.1, 0.15) is 24.5 Å². The van der Waals surface area contributed by atoms with Crippen molar-refractivity contribution >= 4 is 0 Å². The average molecular weight is 228 g/mol. The predicted octanol–water partition coefficient (Wildman–Crippen LogP) is 1.94. The molecule has 0 radical (unpaired) electrons. The summed E-state index contributed by atoms with van der Waals surface area (Å²) in [5.41, 5.74) is 3.65. The summed E-state index contributed by atoms with van der Waals surface area (Å²) in [6, 6.07) is 4.06. The van der Waals surface area contributed by atoms with E-state index in [-0.39, 0.29) is 0 Å². The van der Waals surface area contributed by atoms with Crippen LogP contribution in [-0.4, -0.2) is 28.3 Å². The zero-order chi connectivity index (χ0) is 11.5. The second kappa shape index (κ2) is 4.67. The summed E-state index contributed by atoms with van der Waals surface area (Å²) in [6.45, 7) is 2.18. The van der Waals surface area contributed by atoms with E-state index in [0.717, 1.165) is 13.1 Å². The molecule has 3 rings (SSSR count). The summed E-state index contributed by atoms with van der Waals surface area (Å²) >= 11 is 0. The average Bonchev–Trinajstić information content (AvgIpc) is 2.90.